The molecular weight excluding hydrogens is 340 g/mol. The number of aldehydes is 1. The second kappa shape index (κ2) is 11.0. The standard InChI is InChI=1S/C8H15NO6.C6H5NO3/c1-4(12)9-5(2-10)7(14)8(15)6(13)3-11;8-6-4-2-1-3-5(6)7(9)10/h2,5-8,11,13-15H,3H2,1H3,(H,9,12);1-4,8H/t5-,6+,7+,8+;/m0./s1. The van der Waals surface area contributed by atoms with Crippen molar-refractivity contribution < 1.29 is 40.0 Å². The first-order valence-electron chi connectivity index (χ1n) is 6.95. The van der Waals surface area contributed by atoms with Crippen LogP contribution < -0.4 is 5.32 Å². The van der Waals surface area contributed by atoms with Gasteiger partial charge >= 0.3 is 5.69 Å². The van der Waals surface area contributed by atoms with Crippen LogP contribution in [0.2, 0.25) is 0 Å². The predicted octanol–water partition coefficient (Wildman–Crippen LogP) is -1.93. The Hall–Kier alpha value is -2.60. The number of hydrogen-bond donors (Lipinski definition) is 6. The van der Waals surface area contributed by atoms with Crippen LogP contribution in [-0.4, -0.2) is 73.6 Å². The summed E-state index contributed by atoms with van der Waals surface area (Å²) in [7, 11) is 0. The summed E-state index contributed by atoms with van der Waals surface area (Å²) < 4.78 is 0. The molecule has 0 saturated heterocycles. The molecule has 0 bridgehead atoms. The van der Waals surface area contributed by atoms with Crippen molar-refractivity contribution in [2.45, 2.75) is 31.3 Å². The molecule has 140 valence electrons. The number of carbonyl (C=O) groups is 2. The third-order valence-corrected chi connectivity index (χ3v) is 2.89. The maximum Gasteiger partial charge on any atom is 0.310 e. The summed E-state index contributed by atoms with van der Waals surface area (Å²) in [6, 6.07) is 4.23. The van der Waals surface area contributed by atoms with E-state index < -0.39 is 41.8 Å². The van der Waals surface area contributed by atoms with Gasteiger partial charge in [0, 0.05) is 13.0 Å². The second-order valence-electron chi connectivity index (χ2n) is 4.84. The van der Waals surface area contributed by atoms with Crippen molar-refractivity contribution in [2.24, 2.45) is 0 Å². The lowest BCUT2D eigenvalue weighted by Gasteiger charge is -2.25. The third kappa shape index (κ3) is 7.67. The Morgan fingerprint density at radius 1 is 1.28 bits per heavy atom. The molecule has 1 rings (SSSR count). The monoisotopic (exact) mass is 360 g/mol. The number of benzene rings is 1. The fourth-order valence-electron chi connectivity index (χ4n) is 1.60. The number of nitro benzene ring substituents is 1. The van der Waals surface area contributed by atoms with Crippen LogP contribution in [0.1, 0.15) is 6.92 Å². The molecule has 0 unspecified atom stereocenters. The van der Waals surface area contributed by atoms with E-state index in [-0.39, 0.29) is 17.7 Å². The number of nitrogens with zero attached hydrogens (tertiary/aromatic N) is 1. The highest BCUT2D eigenvalue weighted by atomic mass is 16.6. The Kier molecular flexibility index (Phi) is 9.89. The van der Waals surface area contributed by atoms with Crippen LogP contribution in [0.4, 0.5) is 5.69 Å². The average Bonchev–Trinajstić information content (AvgIpc) is 2.58. The highest BCUT2D eigenvalue weighted by molar-refractivity contribution is 5.77. The maximum atomic E-state index is 10.6. The highest BCUT2D eigenvalue weighted by Crippen LogP contribution is 2.23. The van der Waals surface area contributed by atoms with Gasteiger partial charge in [0.05, 0.1) is 11.5 Å². The summed E-state index contributed by atoms with van der Waals surface area (Å²) in [6.07, 6.45) is -4.72. The number of aliphatic hydroxyl groups excluding tert-OH is 4. The van der Waals surface area contributed by atoms with Crippen molar-refractivity contribution in [3.05, 3.63) is 34.4 Å². The van der Waals surface area contributed by atoms with E-state index >= 15 is 0 Å². The zero-order valence-corrected chi connectivity index (χ0v) is 13.2. The number of rotatable bonds is 7. The Labute approximate surface area is 142 Å². The topological polar surface area (TPSA) is 190 Å². The SMILES string of the molecule is CC(=O)N[C@@H](C=O)[C@@H](O)[C@H](O)[C@H](O)CO.O=[N+]([O-])c1ccccc1O. The molecule has 0 spiro atoms. The van der Waals surface area contributed by atoms with Crippen LogP contribution in [0.5, 0.6) is 5.75 Å². The van der Waals surface area contributed by atoms with Gasteiger partial charge in [-0.05, 0) is 6.07 Å². The second-order valence-corrected chi connectivity index (χ2v) is 4.84. The van der Waals surface area contributed by atoms with E-state index in [9.17, 15) is 29.9 Å². The first kappa shape index (κ1) is 22.4. The Bertz CT molecular complexity index is 581. The summed E-state index contributed by atoms with van der Waals surface area (Å²) in [5.41, 5.74) is -0.262. The van der Waals surface area contributed by atoms with Crippen LogP contribution in [0, 0.1) is 10.1 Å². The molecule has 4 atom stereocenters. The van der Waals surface area contributed by atoms with Gasteiger partial charge in [-0.3, -0.25) is 14.9 Å². The predicted molar refractivity (Wildman–Crippen MR) is 83.5 cm³/mol. The molecule has 1 amide bonds. The zero-order chi connectivity index (χ0) is 19.6. The summed E-state index contributed by atoms with van der Waals surface area (Å²) in [4.78, 5) is 30.5. The number of phenols is 1. The molecule has 0 aliphatic rings. The number of aliphatic hydroxyl groups is 4. The molecule has 0 heterocycles. The number of aromatic hydroxyl groups is 1. The van der Waals surface area contributed by atoms with E-state index in [1.54, 1.807) is 0 Å². The van der Waals surface area contributed by atoms with Gasteiger partial charge in [0.25, 0.3) is 0 Å². The van der Waals surface area contributed by atoms with Gasteiger partial charge in [0.15, 0.2) is 5.75 Å². The molecule has 0 fully saturated rings. The fraction of sp³-hybridized carbons (Fsp3) is 0.429. The Balaban J connectivity index is 0.000000496. The summed E-state index contributed by atoms with van der Waals surface area (Å²) in [6.45, 7) is 0.377. The molecule has 25 heavy (non-hydrogen) atoms. The van der Waals surface area contributed by atoms with E-state index in [0.717, 1.165) is 6.92 Å². The minimum atomic E-state index is -1.71. The number of nitro groups is 1. The van der Waals surface area contributed by atoms with Gasteiger partial charge in [0.2, 0.25) is 5.91 Å². The average molecular weight is 360 g/mol. The minimum absolute atomic E-state index is 0.235. The normalized spacial score (nSPS) is 14.9. The number of nitrogens with one attached hydrogen (secondary N) is 1. The van der Waals surface area contributed by atoms with E-state index in [2.05, 4.69) is 5.32 Å². The van der Waals surface area contributed by atoms with Gasteiger partial charge in [-0.2, -0.15) is 0 Å². The van der Waals surface area contributed by atoms with Crippen molar-refractivity contribution in [2.75, 3.05) is 6.61 Å². The Morgan fingerprint density at radius 3 is 2.20 bits per heavy atom. The van der Waals surface area contributed by atoms with Gasteiger partial charge < -0.3 is 35.6 Å². The molecule has 11 heteroatoms. The Morgan fingerprint density at radius 2 is 1.84 bits per heavy atom. The van der Waals surface area contributed by atoms with E-state index in [0.29, 0.717) is 0 Å². The number of amides is 1. The van der Waals surface area contributed by atoms with E-state index in [1.165, 1.54) is 24.3 Å². The van der Waals surface area contributed by atoms with Crippen LogP contribution in [0.25, 0.3) is 0 Å². The quantitative estimate of drug-likeness (QED) is 0.182. The fourth-order valence-corrected chi connectivity index (χ4v) is 1.60. The van der Waals surface area contributed by atoms with Crippen LogP contribution in [0.15, 0.2) is 24.3 Å². The molecule has 0 aliphatic heterocycles. The lowest BCUT2D eigenvalue weighted by Crippen LogP contribution is -2.53. The smallest absolute Gasteiger partial charge is 0.310 e. The first-order chi connectivity index (χ1) is 11.6. The number of carbonyl (C=O) groups excluding carboxylic acids is 2. The summed E-state index contributed by atoms with van der Waals surface area (Å²) in [5, 5.41) is 57.1. The van der Waals surface area contributed by atoms with E-state index in [1.807, 2.05) is 0 Å². The van der Waals surface area contributed by atoms with Gasteiger partial charge in [-0.25, -0.2) is 0 Å². The third-order valence-electron chi connectivity index (χ3n) is 2.89. The van der Waals surface area contributed by atoms with Crippen LogP contribution in [0.3, 0.4) is 0 Å². The molecule has 0 aliphatic carbocycles. The molecular formula is C14H20N2O9. The van der Waals surface area contributed by atoms with Crippen LogP contribution >= 0.6 is 0 Å². The molecule has 1 aromatic carbocycles. The molecule has 11 nitrogen and oxygen atoms in total. The molecule has 0 saturated carbocycles. The van der Waals surface area contributed by atoms with Crippen molar-refractivity contribution in [3.8, 4) is 5.75 Å². The van der Waals surface area contributed by atoms with Crippen molar-refractivity contribution >= 4 is 17.9 Å². The van der Waals surface area contributed by atoms with E-state index in [4.69, 9.17) is 15.3 Å². The number of para-hydroxylation sites is 2. The van der Waals surface area contributed by atoms with Gasteiger partial charge in [-0.15, -0.1) is 0 Å². The molecule has 0 radical (unpaired) electrons. The molecule has 1 aromatic rings. The minimum Gasteiger partial charge on any atom is -0.502 e. The van der Waals surface area contributed by atoms with Crippen molar-refractivity contribution in [3.63, 3.8) is 0 Å². The lowest BCUT2D eigenvalue weighted by atomic mass is 10.0. The van der Waals surface area contributed by atoms with Crippen molar-refractivity contribution in [1.29, 1.82) is 0 Å². The van der Waals surface area contributed by atoms with Gasteiger partial charge in [-0.1, -0.05) is 12.1 Å². The maximum absolute atomic E-state index is 10.6. The first-order valence-corrected chi connectivity index (χ1v) is 6.95. The lowest BCUT2D eigenvalue weighted by molar-refractivity contribution is -0.385. The van der Waals surface area contributed by atoms with Crippen molar-refractivity contribution in [1.82, 2.24) is 5.32 Å². The summed E-state index contributed by atoms with van der Waals surface area (Å²) >= 11 is 0. The number of phenolic OH excluding ortho intramolecular Hbond substituents is 1. The molecule has 0 aromatic heterocycles. The van der Waals surface area contributed by atoms with Gasteiger partial charge in [0.1, 0.15) is 30.6 Å². The number of hydrogen-bond acceptors (Lipinski definition) is 9. The molecule has 6 N–H and O–H groups in total. The zero-order valence-electron chi connectivity index (χ0n) is 13.2. The summed E-state index contributed by atoms with van der Waals surface area (Å²) in [5.74, 6) is -0.857. The largest absolute Gasteiger partial charge is 0.502 e. The van der Waals surface area contributed by atoms with Crippen LogP contribution in [-0.2, 0) is 9.59 Å². The highest BCUT2D eigenvalue weighted by Gasteiger charge is 2.31.